The van der Waals surface area contributed by atoms with Crippen molar-refractivity contribution in [3.8, 4) is 0 Å². The largest absolute Gasteiger partial charge is 0.367 e. The molecule has 1 aromatic carbocycles. The van der Waals surface area contributed by atoms with Gasteiger partial charge in [0.15, 0.2) is 0 Å². The lowest BCUT2D eigenvalue weighted by Crippen LogP contribution is -2.40. The van der Waals surface area contributed by atoms with E-state index in [1.807, 2.05) is 0 Å². The van der Waals surface area contributed by atoms with Gasteiger partial charge in [0.05, 0.1) is 5.52 Å². The van der Waals surface area contributed by atoms with Gasteiger partial charge in [0.1, 0.15) is 0 Å². The van der Waals surface area contributed by atoms with E-state index in [0.29, 0.717) is 12.6 Å². The van der Waals surface area contributed by atoms with E-state index in [9.17, 15) is 0 Å². The Morgan fingerprint density at radius 1 is 1.19 bits per heavy atom. The number of fused-ring (bicyclic) bond motifs is 1. The third-order valence-electron chi connectivity index (χ3n) is 4.52. The third kappa shape index (κ3) is 3.03. The van der Waals surface area contributed by atoms with Crippen molar-refractivity contribution in [2.24, 2.45) is 5.73 Å². The van der Waals surface area contributed by atoms with Gasteiger partial charge in [-0.1, -0.05) is 37.5 Å². The summed E-state index contributed by atoms with van der Waals surface area (Å²) >= 11 is 0. The maximum atomic E-state index is 5.90. The summed E-state index contributed by atoms with van der Waals surface area (Å²) in [6, 6.07) is 11.3. The summed E-state index contributed by atoms with van der Waals surface area (Å²) in [5.41, 5.74) is 9.39. The topological polar surface area (TPSA) is 42.1 Å². The molecule has 3 rings (SSSR count). The number of aromatic nitrogens is 1. The second kappa shape index (κ2) is 6.44. The molecule has 1 aliphatic rings. The quantitative estimate of drug-likeness (QED) is 0.931. The van der Waals surface area contributed by atoms with Gasteiger partial charge in [-0.2, -0.15) is 0 Å². The highest BCUT2D eigenvalue weighted by molar-refractivity contribution is 5.92. The summed E-state index contributed by atoms with van der Waals surface area (Å²) in [5, 5.41) is 1.25. The second-order valence-electron chi connectivity index (χ2n) is 6.07. The number of hydrogen-bond acceptors (Lipinski definition) is 3. The number of hydrogen-bond donors (Lipinski definition) is 1. The van der Waals surface area contributed by atoms with E-state index in [4.69, 9.17) is 5.73 Å². The molecule has 0 saturated heterocycles. The predicted octanol–water partition coefficient (Wildman–Crippen LogP) is 3.64. The fourth-order valence-corrected chi connectivity index (χ4v) is 3.55. The van der Waals surface area contributed by atoms with Gasteiger partial charge in [0.2, 0.25) is 0 Å². The van der Waals surface area contributed by atoms with Crippen LogP contribution in [0.4, 0.5) is 5.69 Å². The minimum absolute atomic E-state index is 0.632. The maximum absolute atomic E-state index is 5.90. The molecule has 112 valence electrons. The molecular formula is C18H25N3. The van der Waals surface area contributed by atoms with Gasteiger partial charge >= 0.3 is 0 Å². The first-order valence-electron chi connectivity index (χ1n) is 8.12. The van der Waals surface area contributed by atoms with E-state index in [-0.39, 0.29) is 0 Å². The Balaban J connectivity index is 2.05. The second-order valence-corrected chi connectivity index (χ2v) is 6.07. The van der Waals surface area contributed by atoms with Crippen molar-refractivity contribution >= 4 is 16.6 Å². The Morgan fingerprint density at radius 2 is 1.95 bits per heavy atom. The Morgan fingerprint density at radius 3 is 2.71 bits per heavy atom. The predicted molar refractivity (Wildman–Crippen MR) is 89.8 cm³/mol. The van der Waals surface area contributed by atoms with E-state index in [2.05, 4.69) is 47.1 Å². The highest BCUT2D eigenvalue weighted by Crippen LogP contribution is 2.32. The van der Waals surface area contributed by atoms with Gasteiger partial charge in [0.25, 0.3) is 0 Å². The van der Waals surface area contributed by atoms with Crippen LogP contribution in [0.25, 0.3) is 10.9 Å². The lowest BCUT2D eigenvalue weighted by molar-refractivity contribution is 0.416. The molecule has 1 aromatic heterocycles. The van der Waals surface area contributed by atoms with Gasteiger partial charge in [-0.15, -0.1) is 0 Å². The number of nitrogens with two attached hydrogens (primary N) is 1. The third-order valence-corrected chi connectivity index (χ3v) is 4.52. The van der Waals surface area contributed by atoms with Crippen molar-refractivity contribution in [2.45, 2.75) is 45.1 Å². The molecular weight excluding hydrogens is 258 g/mol. The Labute approximate surface area is 127 Å². The van der Waals surface area contributed by atoms with Crippen LogP contribution in [0.3, 0.4) is 0 Å². The fraction of sp³-hybridized carbons (Fsp3) is 0.500. The van der Waals surface area contributed by atoms with Gasteiger partial charge in [0, 0.05) is 35.9 Å². The zero-order valence-corrected chi connectivity index (χ0v) is 12.9. The Hall–Kier alpha value is -1.61. The normalized spacial score (nSPS) is 16.3. The monoisotopic (exact) mass is 283 g/mol. The van der Waals surface area contributed by atoms with Crippen LogP contribution in [0.1, 0.15) is 37.8 Å². The molecule has 0 amide bonds. The van der Waals surface area contributed by atoms with Crippen molar-refractivity contribution in [1.29, 1.82) is 0 Å². The van der Waals surface area contributed by atoms with Crippen molar-refractivity contribution in [3.63, 3.8) is 0 Å². The molecule has 2 N–H and O–H groups in total. The smallest absolute Gasteiger partial charge is 0.0726 e. The van der Waals surface area contributed by atoms with E-state index >= 15 is 0 Å². The van der Waals surface area contributed by atoms with Crippen molar-refractivity contribution in [2.75, 3.05) is 18.0 Å². The van der Waals surface area contributed by atoms with Gasteiger partial charge in [-0.05, 0) is 31.9 Å². The minimum atomic E-state index is 0.632. The highest BCUT2D eigenvalue weighted by Gasteiger charge is 2.22. The number of benzene rings is 1. The van der Waals surface area contributed by atoms with Crippen molar-refractivity contribution in [1.82, 2.24) is 4.98 Å². The number of nitrogens with zero attached hydrogens (tertiary/aromatic N) is 2. The maximum Gasteiger partial charge on any atom is 0.0726 e. The molecule has 0 unspecified atom stereocenters. The number of pyridine rings is 1. The molecule has 0 atom stereocenters. The Kier molecular flexibility index (Phi) is 4.39. The van der Waals surface area contributed by atoms with Crippen LogP contribution in [0.5, 0.6) is 0 Å². The summed E-state index contributed by atoms with van der Waals surface area (Å²) in [6.45, 7) is 3.71. The van der Waals surface area contributed by atoms with Crippen molar-refractivity contribution in [3.05, 3.63) is 36.0 Å². The summed E-state index contributed by atoms with van der Waals surface area (Å²) in [7, 11) is 0. The van der Waals surface area contributed by atoms with Crippen LogP contribution in [0.2, 0.25) is 0 Å². The molecule has 3 heteroatoms. The average molecular weight is 283 g/mol. The van der Waals surface area contributed by atoms with Gasteiger partial charge in [-0.25, -0.2) is 0 Å². The summed E-state index contributed by atoms with van der Waals surface area (Å²) in [4.78, 5) is 7.20. The first kappa shape index (κ1) is 14.3. The van der Waals surface area contributed by atoms with E-state index in [0.717, 1.165) is 17.8 Å². The SMILES string of the molecule is Cc1cc(N(CCN)C2CCCCC2)c2ccccc2n1. The molecule has 0 radical (unpaired) electrons. The summed E-state index contributed by atoms with van der Waals surface area (Å²) < 4.78 is 0. The zero-order chi connectivity index (χ0) is 14.7. The molecule has 21 heavy (non-hydrogen) atoms. The number of aryl methyl sites for hydroxylation is 1. The molecule has 0 aliphatic heterocycles. The van der Waals surface area contributed by atoms with Gasteiger partial charge < -0.3 is 10.6 Å². The number of para-hydroxylation sites is 1. The molecule has 3 nitrogen and oxygen atoms in total. The van der Waals surface area contributed by atoms with E-state index in [1.165, 1.54) is 43.2 Å². The van der Waals surface area contributed by atoms with Crippen LogP contribution >= 0.6 is 0 Å². The van der Waals surface area contributed by atoms with Crippen LogP contribution in [-0.4, -0.2) is 24.1 Å². The molecule has 0 bridgehead atoms. The first-order valence-corrected chi connectivity index (χ1v) is 8.12. The lowest BCUT2D eigenvalue weighted by Gasteiger charge is -2.36. The van der Waals surface area contributed by atoms with E-state index < -0.39 is 0 Å². The van der Waals surface area contributed by atoms with Crippen LogP contribution in [0.15, 0.2) is 30.3 Å². The van der Waals surface area contributed by atoms with Crippen LogP contribution in [-0.2, 0) is 0 Å². The van der Waals surface area contributed by atoms with Crippen LogP contribution < -0.4 is 10.6 Å². The van der Waals surface area contributed by atoms with Crippen molar-refractivity contribution < 1.29 is 0 Å². The Bertz CT molecular complexity index is 602. The highest BCUT2D eigenvalue weighted by atomic mass is 15.2. The van der Waals surface area contributed by atoms with Gasteiger partial charge in [-0.3, -0.25) is 4.98 Å². The van der Waals surface area contributed by atoms with Crippen LogP contribution in [0, 0.1) is 6.92 Å². The standard InChI is InChI=1S/C18H25N3/c1-14-13-18(16-9-5-6-10-17(16)20-14)21(12-11-19)15-7-3-2-4-8-15/h5-6,9-10,13,15H,2-4,7-8,11-12,19H2,1H3. The minimum Gasteiger partial charge on any atom is -0.367 e. The molecule has 1 saturated carbocycles. The molecule has 0 spiro atoms. The average Bonchev–Trinajstić information content (AvgIpc) is 2.52. The summed E-state index contributed by atoms with van der Waals surface area (Å²) in [6.07, 6.45) is 6.63. The zero-order valence-electron chi connectivity index (χ0n) is 12.9. The molecule has 1 aliphatic carbocycles. The molecule has 2 aromatic rings. The number of anilines is 1. The number of rotatable bonds is 4. The first-order chi connectivity index (χ1) is 10.3. The summed E-state index contributed by atoms with van der Waals surface area (Å²) in [5.74, 6) is 0. The fourth-order valence-electron chi connectivity index (χ4n) is 3.55. The van der Waals surface area contributed by atoms with E-state index in [1.54, 1.807) is 0 Å². The molecule has 1 heterocycles. The molecule has 1 fully saturated rings. The lowest BCUT2D eigenvalue weighted by atomic mass is 9.93.